The largest absolute Gasteiger partial charge is 0.308 e. The predicted molar refractivity (Wildman–Crippen MR) is 68.8 cm³/mol. The van der Waals surface area contributed by atoms with Crippen molar-refractivity contribution in [1.29, 1.82) is 0 Å². The maximum Gasteiger partial charge on any atom is 0.0834 e. The Bertz CT molecular complexity index is 339. The molecule has 0 aliphatic heterocycles. The van der Waals surface area contributed by atoms with E-state index in [0.29, 0.717) is 0 Å². The van der Waals surface area contributed by atoms with Gasteiger partial charge in [-0.3, -0.25) is 4.68 Å². The minimum atomic E-state index is 0.118. The van der Waals surface area contributed by atoms with Gasteiger partial charge in [0.15, 0.2) is 0 Å². The molecule has 1 aromatic rings. The van der Waals surface area contributed by atoms with E-state index in [1.165, 1.54) is 0 Å². The molecule has 1 unspecified atom stereocenters. The molecule has 3 nitrogen and oxygen atoms in total. The van der Waals surface area contributed by atoms with E-state index in [0.717, 1.165) is 23.8 Å². The molecule has 0 aliphatic rings. The molecule has 1 aromatic heterocycles. The van der Waals surface area contributed by atoms with Gasteiger partial charge in [0.1, 0.15) is 0 Å². The Morgan fingerprint density at radius 2 is 2.06 bits per heavy atom. The van der Waals surface area contributed by atoms with Crippen LogP contribution in [-0.4, -0.2) is 16.3 Å². The first-order valence-corrected chi connectivity index (χ1v) is 6.24. The van der Waals surface area contributed by atoms with E-state index in [1.54, 1.807) is 6.20 Å². The second-order valence-electron chi connectivity index (χ2n) is 5.05. The van der Waals surface area contributed by atoms with E-state index in [9.17, 15) is 0 Å². The third kappa shape index (κ3) is 2.77. The highest BCUT2D eigenvalue weighted by molar-refractivity contribution is 6.31. The Balaban J connectivity index is 3.14. The molecular formula is C12H22ClN3. The molecule has 0 amide bonds. The van der Waals surface area contributed by atoms with Crippen molar-refractivity contribution < 1.29 is 0 Å². The van der Waals surface area contributed by atoms with Crippen LogP contribution in [0.3, 0.4) is 0 Å². The van der Waals surface area contributed by atoms with Gasteiger partial charge in [-0.1, -0.05) is 39.3 Å². The molecular weight excluding hydrogens is 222 g/mol. The van der Waals surface area contributed by atoms with Crippen molar-refractivity contribution in [2.75, 3.05) is 6.54 Å². The molecule has 0 radical (unpaired) electrons. The summed E-state index contributed by atoms with van der Waals surface area (Å²) in [7, 11) is 0. The smallest absolute Gasteiger partial charge is 0.0834 e. The van der Waals surface area contributed by atoms with E-state index in [4.69, 9.17) is 11.6 Å². The molecule has 0 spiro atoms. The average Bonchev–Trinajstić information content (AvgIpc) is 2.54. The summed E-state index contributed by atoms with van der Waals surface area (Å²) in [5, 5.41) is 8.54. The van der Waals surface area contributed by atoms with Gasteiger partial charge in [-0.05, 0) is 18.9 Å². The van der Waals surface area contributed by atoms with Gasteiger partial charge in [-0.2, -0.15) is 5.10 Å². The number of halogens is 1. The normalized spacial score (nSPS) is 14.1. The maximum absolute atomic E-state index is 6.24. The van der Waals surface area contributed by atoms with Crippen LogP contribution in [0, 0.1) is 5.41 Å². The van der Waals surface area contributed by atoms with Crippen LogP contribution in [0.15, 0.2) is 6.20 Å². The maximum atomic E-state index is 6.24. The Morgan fingerprint density at radius 1 is 1.44 bits per heavy atom. The molecule has 92 valence electrons. The summed E-state index contributed by atoms with van der Waals surface area (Å²) < 4.78 is 1.97. The van der Waals surface area contributed by atoms with Gasteiger partial charge in [-0.25, -0.2) is 0 Å². The highest BCUT2D eigenvalue weighted by Gasteiger charge is 2.30. The highest BCUT2D eigenvalue weighted by Crippen LogP contribution is 2.36. The summed E-state index contributed by atoms with van der Waals surface area (Å²) in [5.74, 6) is 0. The molecule has 1 N–H and O–H groups in total. The van der Waals surface area contributed by atoms with Gasteiger partial charge >= 0.3 is 0 Å². The van der Waals surface area contributed by atoms with Gasteiger partial charge in [0.05, 0.1) is 23.0 Å². The lowest BCUT2D eigenvalue weighted by atomic mass is 9.84. The van der Waals surface area contributed by atoms with Crippen molar-refractivity contribution in [3.05, 3.63) is 16.9 Å². The first-order valence-electron chi connectivity index (χ1n) is 5.86. The summed E-state index contributed by atoms with van der Waals surface area (Å²) in [6, 6.07) is 0.229. The second kappa shape index (κ2) is 5.19. The fraction of sp³-hybridized carbons (Fsp3) is 0.750. The molecule has 1 heterocycles. The molecule has 1 rings (SSSR count). The van der Waals surface area contributed by atoms with Crippen molar-refractivity contribution in [3.63, 3.8) is 0 Å². The quantitative estimate of drug-likeness (QED) is 0.880. The average molecular weight is 244 g/mol. The molecule has 0 fully saturated rings. The van der Waals surface area contributed by atoms with Gasteiger partial charge in [0.2, 0.25) is 0 Å². The van der Waals surface area contributed by atoms with E-state index in [1.807, 2.05) is 4.68 Å². The van der Waals surface area contributed by atoms with Crippen LogP contribution in [0.25, 0.3) is 0 Å². The van der Waals surface area contributed by atoms with Gasteiger partial charge in [0, 0.05) is 6.54 Å². The van der Waals surface area contributed by atoms with Gasteiger partial charge < -0.3 is 5.32 Å². The van der Waals surface area contributed by atoms with Crippen molar-refractivity contribution in [2.45, 2.75) is 47.2 Å². The van der Waals surface area contributed by atoms with E-state index >= 15 is 0 Å². The van der Waals surface area contributed by atoms with Gasteiger partial charge in [0.25, 0.3) is 0 Å². The molecule has 0 bridgehead atoms. The summed E-state index contributed by atoms with van der Waals surface area (Å²) in [4.78, 5) is 0. The van der Waals surface area contributed by atoms with Crippen molar-refractivity contribution >= 4 is 11.6 Å². The molecule has 4 heteroatoms. The lowest BCUT2D eigenvalue weighted by Gasteiger charge is -2.32. The Morgan fingerprint density at radius 3 is 2.50 bits per heavy atom. The molecule has 0 saturated heterocycles. The lowest BCUT2D eigenvalue weighted by molar-refractivity contribution is 0.263. The monoisotopic (exact) mass is 243 g/mol. The number of hydrogen-bond donors (Lipinski definition) is 1. The van der Waals surface area contributed by atoms with Crippen molar-refractivity contribution in [2.24, 2.45) is 5.41 Å². The Kier molecular flexibility index (Phi) is 4.39. The first-order chi connectivity index (χ1) is 7.41. The number of hydrogen-bond acceptors (Lipinski definition) is 2. The molecule has 1 atom stereocenters. The Labute approximate surface area is 103 Å². The lowest BCUT2D eigenvalue weighted by Crippen LogP contribution is -2.34. The van der Waals surface area contributed by atoms with E-state index < -0.39 is 0 Å². The zero-order chi connectivity index (χ0) is 12.3. The summed E-state index contributed by atoms with van der Waals surface area (Å²) in [6.45, 7) is 12.6. The van der Waals surface area contributed by atoms with Crippen LogP contribution in [0.1, 0.15) is 46.4 Å². The molecule has 0 saturated carbocycles. The van der Waals surface area contributed by atoms with E-state index in [2.05, 4.69) is 45.0 Å². The van der Waals surface area contributed by atoms with Crippen LogP contribution in [0.2, 0.25) is 5.02 Å². The third-order valence-electron chi connectivity index (χ3n) is 2.68. The topological polar surface area (TPSA) is 29.9 Å². The van der Waals surface area contributed by atoms with Crippen LogP contribution < -0.4 is 5.32 Å². The zero-order valence-electron chi connectivity index (χ0n) is 10.8. The number of nitrogens with zero attached hydrogens (tertiary/aromatic N) is 2. The summed E-state index contributed by atoms with van der Waals surface area (Å²) in [6.07, 6.45) is 1.73. The van der Waals surface area contributed by atoms with Crippen molar-refractivity contribution in [1.82, 2.24) is 15.1 Å². The first kappa shape index (κ1) is 13.5. The number of aryl methyl sites for hydroxylation is 1. The standard InChI is InChI=1S/C12H22ClN3/c1-6-14-11(12(3,4)5)10-9(13)8-15-16(10)7-2/h8,11,14H,6-7H2,1-5H3. The fourth-order valence-electron chi connectivity index (χ4n) is 1.93. The fourth-order valence-corrected chi connectivity index (χ4v) is 2.18. The van der Waals surface area contributed by atoms with E-state index in [-0.39, 0.29) is 11.5 Å². The zero-order valence-corrected chi connectivity index (χ0v) is 11.6. The predicted octanol–water partition coefficient (Wildman–Crippen LogP) is 3.25. The molecule has 0 aromatic carbocycles. The van der Waals surface area contributed by atoms with Gasteiger partial charge in [-0.15, -0.1) is 0 Å². The third-order valence-corrected chi connectivity index (χ3v) is 2.97. The second-order valence-corrected chi connectivity index (χ2v) is 5.46. The Hall–Kier alpha value is -0.540. The summed E-state index contributed by atoms with van der Waals surface area (Å²) in [5.41, 5.74) is 1.21. The van der Waals surface area contributed by atoms with Crippen molar-refractivity contribution in [3.8, 4) is 0 Å². The van der Waals surface area contributed by atoms with Crippen LogP contribution in [-0.2, 0) is 6.54 Å². The molecule has 16 heavy (non-hydrogen) atoms. The molecule has 0 aliphatic carbocycles. The van der Waals surface area contributed by atoms with Crippen LogP contribution in [0.4, 0.5) is 0 Å². The number of nitrogens with one attached hydrogen (secondary N) is 1. The summed E-state index contributed by atoms with van der Waals surface area (Å²) >= 11 is 6.24. The van der Waals surface area contributed by atoms with Crippen LogP contribution >= 0.6 is 11.6 Å². The number of rotatable bonds is 4. The van der Waals surface area contributed by atoms with Crippen LogP contribution in [0.5, 0.6) is 0 Å². The highest BCUT2D eigenvalue weighted by atomic mass is 35.5. The number of aromatic nitrogens is 2. The minimum Gasteiger partial charge on any atom is -0.308 e. The SMILES string of the molecule is CCNC(c1c(Cl)cnn1CC)C(C)(C)C. The minimum absolute atomic E-state index is 0.118.